The maximum atomic E-state index is 12.4. The summed E-state index contributed by atoms with van der Waals surface area (Å²) in [6, 6.07) is 4.24. The molecule has 1 atom stereocenters. The highest BCUT2D eigenvalue weighted by molar-refractivity contribution is 6.02. The fourth-order valence-electron chi connectivity index (χ4n) is 3.47. The van der Waals surface area contributed by atoms with E-state index in [4.69, 9.17) is 0 Å². The lowest BCUT2D eigenvalue weighted by atomic mass is 9.90. The van der Waals surface area contributed by atoms with E-state index in [0.717, 1.165) is 41.4 Å². The number of aromatic amines is 1. The highest BCUT2D eigenvalue weighted by atomic mass is 16.1. The number of hydrogen-bond acceptors (Lipinski definition) is 2. The molecule has 3 aliphatic carbocycles. The summed E-state index contributed by atoms with van der Waals surface area (Å²) in [5.41, 5.74) is 5.03. The average Bonchev–Trinajstić information content (AvgIpc) is 3.31. The summed E-state index contributed by atoms with van der Waals surface area (Å²) in [4.78, 5) is 12.4. The van der Waals surface area contributed by atoms with Gasteiger partial charge in [0.25, 0.3) is 5.91 Å². The third-order valence-corrected chi connectivity index (χ3v) is 4.83. The first kappa shape index (κ1) is 12.9. The van der Waals surface area contributed by atoms with Gasteiger partial charge in [0.15, 0.2) is 0 Å². The molecule has 1 aromatic carbocycles. The van der Waals surface area contributed by atoms with E-state index in [-0.39, 0.29) is 11.8 Å². The van der Waals surface area contributed by atoms with Crippen LogP contribution in [0.2, 0.25) is 0 Å². The first-order valence-electron chi connectivity index (χ1n) is 8.17. The van der Waals surface area contributed by atoms with Crippen LogP contribution in [-0.4, -0.2) is 22.1 Å². The van der Waals surface area contributed by atoms with Gasteiger partial charge in [-0.25, -0.2) is 0 Å². The van der Waals surface area contributed by atoms with Gasteiger partial charge in [-0.3, -0.25) is 9.89 Å². The number of benzene rings is 1. The molecule has 3 aliphatic rings. The molecule has 0 aliphatic heterocycles. The smallest absolute Gasteiger partial charge is 0.251 e. The van der Waals surface area contributed by atoms with E-state index in [1.54, 1.807) is 0 Å². The van der Waals surface area contributed by atoms with Gasteiger partial charge in [-0.15, -0.1) is 0 Å². The zero-order chi connectivity index (χ0) is 15.4. The molecule has 5 rings (SSSR count). The van der Waals surface area contributed by atoms with Crippen LogP contribution in [0.25, 0.3) is 17.0 Å². The number of rotatable bonds is 2. The van der Waals surface area contributed by atoms with E-state index >= 15 is 0 Å². The zero-order valence-electron chi connectivity index (χ0n) is 12.7. The summed E-state index contributed by atoms with van der Waals surface area (Å²) < 4.78 is 0. The van der Waals surface area contributed by atoms with Crippen LogP contribution in [0.15, 0.2) is 42.0 Å². The molecule has 1 amide bonds. The number of nitrogens with zero attached hydrogens (tertiary/aromatic N) is 1. The van der Waals surface area contributed by atoms with Crippen molar-refractivity contribution in [3.05, 3.63) is 58.8 Å². The average molecular weight is 303 g/mol. The maximum Gasteiger partial charge on any atom is 0.251 e. The van der Waals surface area contributed by atoms with Gasteiger partial charge in [0, 0.05) is 22.9 Å². The summed E-state index contributed by atoms with van der Waals surface area (Å²) in [5, 5.41) is 11.8. The molecule has 1 saturated carbocycles. The minimum Gasteiger partial charge on any atom is -0.349 e. The number of hydrogen-bond donors (Lipinski definition) is 2. The highest BCUT2D eigenvalue weighted by Crippen LogP contribution is 2.38. The maximum absolute atomic E-state index is 12.4. The van der Waals surface area contributed by atoms with Crippen molar-refractivity contribution < 1.29 is 4.79 Å². The SMILES string of the molecule is O=C(NC1CC1)c1cc2c3c([nH]nc3c1)C1C=CCC=C1C=C2. The van der Waals surface area contributed by atoms with Gasteiger partial charge in [0.05, 0.1) is 11.2 Å². The van der Waals surface area contributed by atoms with Crippen LogP contribution in [0.3, 0.4) is 0 Å². The Morgan fingerprint density at radius 1 is 1.26 bits per heavy atom. The Kier molecular flexibility index (Phi) is 2.62. The van der Waals surface area contributed by atoms with Crippen LogP contribution < -0.4 is 5.32 Å². The number of aromatic nitrogens is 2. The quantitative estimate of drug-likeness (QED) is 0.835. The number of nitrogens with one attached hydrogen (secondary N) is 2. The van der Waals surface area contributed by atoms with Gasteiger partial charge < -0.3 is 5.32 Å². The van der Waals surface area contributed by atoms with E-state index in [2.05, 4.69) is 45.9 Å². The normalized spacial score (nSPS) is 21.7. The molecule has 2 N–H and O–H groups in total. The number of allylic oxidation sites excluding steroid dienone is 5. The molecule has 2 aromatic rings. The first-order chi connectivity index (χ1) is 11.3. The Bertz CT molecular complexity index is 912. The van der Waals surface area contributed by atoms with E-state index in [1.807, 2.05) is 12.1 Å². The molecule has 0 saturated heterocycles. The Labute approximate surface area is 134 Å². The van der Waals surface area contributed by atoms with Crippen LogP contribution in [0.4, 0.5) is 0 Å². The van der Waals surface area contributed by atoms with Crippen molar-refractivity contribution in [1.29, 1.82) is 0 Å². The summed E-state index contributed by atoms with van der Waals surface area (Å²) in [6.07, 6.45) is 14.1. The molecule has 0 radical (unpaired) electrons. The molecule has 0 bridgehead atoms. The monoisotopic (exact) mass is 303 g/mol. The summed E-state index contributed by atoms with van der Waals surface area (Å²) in [5.74, 6) is 0.238. The van der Waals surface area contributed by atoms with Gasteiger partial charge in [-0.2, -0.15) is 5.10 Å². The molecule has 4 nitrogen and oxygen atoms in total. The van der Waals surface area contributed by atoms with Gasteiger partial charge in [-0.1, -0.05) is 30.4 Å². The predicted molar refractivity (Wildman–Crippen MR) is 90.2 cm³/mol. The first-order valence-corrected chi connectivity index (χ1v) is 8.17. The largest absolute Gasteiger partial charge is 0.349 e. The number of H-pyrrole nitrogens is 1. The summed E-state index contributed by atoms with van der Waals surface area (Å²) in [6.45, 7) is 0. The van der Waals surface area contributed by atoms with Crippen molar-refractivity contribution >= 4 is 22.9 Å². The lowest BCUT2D eigenvalue weighted by Crippen LogP contribution is -2.25. The number of carbonyl (C=O) groups is 1. The summed E-state index contributed by atoms with van der Waals surface area (Å²) >= 11 is 0. The Balaban J connectivity index is 1.67. The van der Waals surface area contributed by atoms with Crippen molar-refractivity contribution in [2.45, 2.75) is 31.2 Å². The molecule has 1 aromatic heterocycles. The predicted octanol–water partition coefficient (Wildman–Crippen LogP) is 3.45. The Morgan fingerprint density at radius 2 is 2.17 bits per heavy atom. The van der Waals surface area contributed by atoms with E-state index in [1.165, 1.54) is 5.57 Å². The second-order valence-corrected chi connectivity index (χ2v) is 6.52. The van der Waals surface area contributed by atoms with Crippen molar-refractivity contribution in [1.82, 2.24) is 15.5 Å². The molecule has 23 heavy (non-hydrogen) atoms. The Hall–Kier alpha value is -2.62. The lowest BCUT2D eigenvalue weighted by Gasteiger charge is -2.15. The van der Waals surface area contributed by atoms with Crippen molar-refractivity contribution in [3.63, 3.8) is 0 Å². The highest BCUT2D eigenvalue weighted by Gasteiger charge is 2.26. The fraction of sp³-hybridized carbons (Fsp3) is 0.263. The minimum absolute atomic E-state index is 0.00405. The second kappa shape index (κ2) is 4.69. The van der Waals surface area contributed by atoms with Crippen LogP contribution in [-0.2, 0) is 0 Å². The van der Waals surface area contributed by atoms with Crippen LogP contribution in [0.5, 0.6) is 0 Å². The third-order valence-electron chi connectivity index (χ3n) is 4.83. The lowest BCUT2D eigenvalue weighted by molar-refractivity contribution is 0.0951. The minimum atomic E-state index is 0.00405. The Morgan fingerprint density at radius 3 is 3.04 bits per heavy atom. The molecule has 114 valence electrons. The molecular formula is C19H17N3O. The third kappa shape index (κ3) is 2.05. The standard InChI is InChI=1S/C19H17N3O/c23-19(20-14-7-8-14)13-9-12-6-5-11-3-1-2-4-15(11)18-17(12)16(10-13)21-22-18/h2-6,9-10,14-15H,1,7-8H2,(H,20,23)(H,21,22). The molecule has 1 fully saturated rings. The zero-order valence-corrected chi connectivity index (χ0v) is 12.7. The molecular weight excluding hydrogens is 286 g/mol. The molecule has 0 spiro atoms. The fourth-order valence-corrected chi connectivity index (χ4v) is 3.47. The second-order valence-electron chi connectivity index (χ2n) is 6.52. The van der Waals surface area contributed by atoms with Gasteiger partial charge >= 0.3 is 0 Å². The van der Waals surface area contributed by atoms with Gasteiger partial charge in [0.1, 0.15) is 0 Å². The number of fused-ring (bicyclic) bond motifs is 2. The van der Waals surface area contributed by atoms with E-state index in [9.17, 15) is 4.79 Å². The molecule has 1 unspecified atom stereocenters. The van der Waals surface area contributed by atoms with Crippen LogP contribution in [0, 0.1) is 0 Å². The van der Waals surface area contributed by atoms with Crippen LogP contribution in [0.1, 0.15) is 46.8 Å². The molecule has 1 heterocycles. The van der Waals surface area contributed by atoms with Gasteiger partial charge in [-0.05, 0) is 42.5 Å². The van der Waals surface area contributed by atoms with Crippen molar-refractivity contribution in [3.8, 4) is 0 Å². The molecule has 4 heteroatoms. The van der Waals surface area contributed by atoms with Gasteiger partial charge in [0.2, 0.25) is 0 Å². The number of amides is 1. The van der Waals surface area contributed by atoms with E-state index in [0.29, 0.717) is 11.6 Å². The van der Waals surface area contributed by atoms with Crippen molar-refractivity contribution in [2.24, 2.45) is 0 Å². The summed E-state index contributed by atoms with van der Waals surface area (Å²) in [7, 11) is 0. The van der Waals surface area contributed by atoms with Crippen LogP contribution >= 0.6 is 0 Å². The number of carbonyl (C=O) groups excluding carboxylic acids is 1. The topological polar surface area (TPSA) is 57.8 Å². The van der Waals surface area contributed by atoms with Crippen molar-refractivity contribution in [2.75, 3.05) is 0 Å². The van der Waals surface area contributed by atoms with E-state index < -0.39 is 0 Å².